The van der Waals surface area contributed by atoms with Gasteiger partial charge in [-0.2, -0.15) is 0 Å². The number of allylic oxidation sites excluding steroid dienone is 2. The minimum absolute atomic E-state index is 0.0804. The third-order valence-electron chi connectivity index (χ3n) is 3.01. The summed E-state index contributed by atoms with van der Waals surface area (Å²) in [5.74, 6) is 0.217. The molecular weight excluding hydrogens is 242 g/mol. The fraction of sp³-hybridized carbons (Fsp3) is 0.333. The first-order valence-electron chi connectivity index (χ1n) is 6.21. The fourth-order valence-electron chi connectivity index (χ4n) is 1.97. The van der Waals surface area contributed by atoms with Crippen LogP contribution in [0.1, 0.15) is 45.1 Å². The van der Waals surface area contributed by atoms with Crippen LogP contribution in [-0.4, -0.2) is 15.9 Å². The second-order valence-electron chi connectivity index (χ2n) is 4.92. The van der Waals surface area contributed by atoms with Crippen LogP contribution in [0, 0.1) is 0 Å². The van der Waals surface area contributed by atoms with E-state index in [4.69, 9.17) is 4.42 Å². The van der Waals surface area contributed by atoms with Crippen molar-refractivity contribution < 1.29 is 14.3 Å². The summed E-state index contributed by atoms with van der Waals surface area (Å²) in [6.45, 7) is 7.02. The summed E-state index contributed by atoms with van der Waals surface area (Å²) in [4.78, 5) is 15.8. The summed E-state index contributed by atoms with van der Waals surface area (Å²) in [6, 6.07) is 5.76. The lowest BCUT2D eigenvalue weighted by atomic mass is 10.0. The highest BCUT2D eigenvalue weighted by molar-refractivity contribution is 6.18. The maximum atomic E-state index is 11.5. The summed E-state index contributed by atoms with van der Waals surface area (Å²) in [5, 5.41) is 9.56. The van der Waals surface area contributed by atoms with Crippen LogP contribution in [0.4, 0.5) is 0 Å². The van der Waals surface area contributed by atoms with E-state index in [1.54, 1.807) is 0 Å². The Morgan fingerprint density at radius 2 is 2.00 bits per heavy atom. The van der Waals surface area contributed by atoms with Gasteiger partial charge in [-0.3, -0.25) is 4.79 Å². The van der Waals surface area contributed by atoms with Crippen molar-refractivity contribution in [3.8, 4) is 0 Å². The van der Waals surface area contributed by atoms with Gasteiger partial charge in [0.15, 0.2) is 11.4 Å². The molecule has 2 rings (SSSR count). The molecule has 1 heterocycles. The summed E-state index contributed by atoms with van der Waals surface area (Å²) in [6.07, 6.45) is 0. The van der Waals surface area contributed by atoms with Gasteiger partial charge >= 0.3 is 0 Å². The molecule has 4 nitrogen and oxygen atoms in total. The molecule has 0 aliphatic heterocycles. The Kier molecular flexibility index (Phi) is 3.42. The Morgan fingerprint density at radius 1 is 1.32 bits per heavy atom. The number of aliphatic hydroxyl groups excluding tert-OH is 1. The van der Waals surface area contributed by atoms with Gasteiger partial charge < -0.3 is 9.52 Å². The van der Waals surface area contributed by atoms with Gasteiger partial charge in [-0.25, -0.2) is 4.98 Å². The number of rotatable bonds is 3. The lowest BCUT2D eigenvalue weighted by Crippen LogP contribution is -1.99. The first kappa shape index (κ1) is 13.3. The summed E-state index contributed by atoms with van der Waals surface area (Å²) < 4.78 is 5.54. The Morgan fingerprint density at radius 3 is 2.53 bits per heavy atom. The molecule has 1 aromatic heterocycles. The van der Waals surface area contributed by atoms with E-state index in [1.165, 1.54) is 13.8 Å². The number of hydrogen-bond acceptors (Lipinski definition) is 4. The second kappa shape index (κ2) is 4.88. The zero-order valence-corrected chi connectivity index (χ0v) is 11.5. The number of aromatic nitrogens is 1. The van der Waals surface area contributed by atoms with Crippen molar-refractivity contribution in [1.82, 2.24) is 4.98 Å². The van der Waals surface area contributed by atoms with Gasteiger partial charge in [0.2, 0.25) is 5.89 Å². The van der Waals surface area contributed by atoms with Crippen LogP contribution in [0.3, 0.4) is 0 Å². The first-order chi connectivity index (χ1) is 8.90. The number of carbonyl (C=O) groups excluding carboxylic acids is 1. The van der Waals surface area contributed by atoms with E-state index < -0.39 is 0 Å². The third kappa shape index (κ3) is 2.52. The molecule has 0 spiro atoms. The first-order valence-corrected chi connectivity index (χ1v) is 6.21. The van der Waals surface area contributed by atoms with Crippen LogP contribution in [-0.2, 0) is 4.79 Å². The molecule has 1 N–H and O–H groups in total. The highest BCUT2D eigenvalue weighted by atomic mass is 16.4. The average Bonchev–Trinajstić information content (AvgIpc) is 2.69. The van der Waals surface area contributed by atoms with Gasteiger partial charge in [0.1, 0.15) is 16.8 Å². The molecule has 0 amide bonds. The molecule has 1 aromatic carbocycles. The maximum Gasteiger partial charge on any atom is 0.234 e. The zero-order valence-electron chi connectivity index (χ0n) is 11.5. The van der Waals surface area contributed by atoms with Gasteiger partial charge in [-0.15, -0.1) is 0 Å². The minimum atomic E-state index is -0.268. The van der Waals surface area contributed by atoms with E-state index in [1.807, 2.05) is 18.2 Å². The van der Waals surface area contributed by atoms with Crippen LogP contribution in [0.2, 0.25) is 0 Å². The zero-order chi connectivity index (χ0) is 14.2. The molecule has 0 saturated carbocycles. The van der Waals surface area contributed by atoms with Crippen LogP contribution < -0.4 is 0 Å². The van der Waals surface area contributed by atoms with E-state index >= 15 is 0 Å². The predicted octanol–water partition coefficient (Wildman–Crippen LogP) is 3.83. The lowest BCUT2D eigenvalue weighted by Gasteiger charge is -2.02. The molecule has 0 saturated heterocycles. The van der Waals surface area contributed by atoms with Crippen molar-refractivity contribution >= 4 is 22.5 Å². The molecule has 4 heteroatoms. The average molecular weight is 259 g/mol. The van der Waals surface area contributed by atoms with Gasteiger partial charge in [0.25, 0.3) is 0 Å². The molecule has 0 atom stereocenters. The molecule has 0 bridgehead atoms. The number of benzene rings is 1. The summed E-state index contributed by atoms with van der Waals surface area (Å²) in [7, 11) is 0. The summed E-state index contributed by atoms with van der Waals surface area (Å²) >= 11 is 0. The smallest absolute Gasteiger partial charge is 0.234 e. The molecule has 0 aliphatic carbocycles. The number of nitrogens with zero attached hydrogens (tertiary/aromatic N) is 1. The third-order valence-corrected chi connectivity index (χ3v) is 3.01. The van der Waals surface area contributed by atoms with E-state index in [2.05, 4.69) is 18.8 Å². The van der Waals surface area contributed by atoms with Gasteiger partial charge in [0.05, 0.1) is 0 Å². The number of hydrogen-bond donors (Lipinski definition) is 1. The van der Waals surface area contributed by atoms with Crippen molar-refractivity contribution in [3.63, 3.8) is 0 Å². The maximum absolute atomic E-state index is 11.5. The quantitative estimate of drug-likeness (QED) is 0.672. The SMILES string of the molecule is CC(=O)/C(=C(\C)O)c1nc2cc(C(C)C)ccc2o1. The lowest BCUT2D eigenvalue weighted by molar-refractivity contribution is -0.112. The Bertz CT molecular complexity index is 661. The van der Waals surface area contributed by atoms with Crippen molar-refractivity contribution in [1.29, 1.82) is 0 Å². The Balaban J connectivity index is 2.59. The number of Topliss-reactive ketones (excluding diaryl/α,β-unsaturated/α-hetero) is 1. The highest BCUT2D eigenvalue weighted by Gasteiger charge is 2.18. The molecule has 0 fully saturated rings. The van der Waals surface area contributed by atoms with Gasteiger partial charge in [-0.1, -0.05) is 19.9 Å². The summed E-state index contributed by atoms with van der Waals surface area (Å²) in [5.41, 5.74) is 2.59. The van der Waals surface area contributed by atoms with Crippen LogP contribution in [0.5, 0.6) is 0 Å². The Hall–Kier alpha value is -2.10. The van der Waals surface area contributed by atoms with Crippen molar-refractivity contribution in [2.75, 3.05) is 0 Å². The van der Waals surface area contributed by atoms with Crippen LogP contribution in [0.15, 0.2) is 28.4 Å². The minimum Gasteiger partial charge on any atom is -0.512 e. The number of oxazole rings is 1. The van der Waals surface area contributed by atoms with Crippen LogP contribution in [0.25, 0.3) is 16.7 Å². The fourth-order valence-corrected chi connectivity index (χ4v) is 1.97. The standard InChI is InChI=1S/C15H17NO3/c1-8(2)11-5-6-13-12(7-11)16-15(19-13)14(9(3)17)10(4)18/h5-8,17H,1-4H3/b14-9-. The second-order valence-corrected chi connectivity index (χ2v) is 4.92. The topological polar surface area (TPSA) is 63.3 Å². The number of fused-ring (bicyclic) bond motifs is 1. The largest absolute Gasteiger partial charge is 0.512 e. The van der Waals surface area contributed by atoms with E-state index in [-0.39, 0.29) is 23.0 Å². The molecule has 0 unspecified atom stereocenters. The normalized spacial score (nSPS) is 12.9. The van der Waals surface area contributed by atoms with Crippen molar-refractivity contribution in [3.05, 3.63) is 35.4 Å². The monoisotopic (exact) mass is 259 g/mol. The van der Waals surface area contributed by atoms with Gasteiger partial charge in [-0.05, 0) is 37.5 Å². The molecule has 0 aliphatic rings. The van der Waals surface area contributed by atoms with Crippen molar-refractivity contribution in [2.24, 2.45) is 0 Å². The number of aliphatic hydroxyl groups is 1. The number of ketones is 1. The van der Waals surface area contributed by atoms with E-state index in [0.29, 0.717) is 17.0 Å². The molecule has 0 radical (unpaired) electrons. The highest BCUT2D eigenvalue weighted by Crippen LogP contribution is 2.26. The molecular formula is C15H17NO3. The molecule has 100 valence electrons. The van der Waals surface area contributed by atoms with Crippen LogP contribution >= 0.6 is 0 Å². The van der Waals surface area contributed by atoms with Crippen molar-refractivity contribution in [2.45, 2.75) is 33.6 Å². The number of carbonyl (C=O) groups is 1. The van der Waals surface area contributed by atoms with E-state index in [0.717, 1.165) is 5.56 Å². The molecule has 2 aromatic rings. The Labute approximate surface area is 111 Å². The molecule has 19 heavy (non-hydrogen) atoms. The van der Waals surface area contributed by atoms with E-state index in [9.17, 15) is 9.90 Å². The van der Waals surface area contributed by atoms with Gasteiger partial charge in [0, 0.05) is 0 Å². The predicted molar refractivity (Wildman–Crippen MR) is 74.0 cm³/mol.